The number of aromatic nitrogens is 3. The molecule has 1 aliphatic carbocycles. The van der Waals surface area contributed by atoms with E-state index in [9.17, 15) is 5.11 Å². The molecule has 1 aromatic heterocycles. The number of hydrogen-bond acceptors (Lipinski definition) is 4. The van der Waals surface area contributed by atoms with Gasteiger partial charge in [0.25, 0.3) is 0 Å². The van der Waals surface area contributed by atoms with Crippen LogP contribution < -0.4 is 0 Å². The molecule has 1 aromatic rings. The van der Waals surface area contributed by atoms with Gasteiger partial charge in [0.05, 0.1) is 12.2 Å². The SMILES string of the molecule is CCCn1ncnc1CC(O)C(OC)C1CC1. The van der Waals surface area contributed by atoms with Gasteiger partial charge in [-0.1, -0.05) is 6.92 Å². The quantitative estimate of drug-likeness (QED) is 0.771. The second-order valence-corrected chi connectivity index (χ2v) is 4.71. The van der Waals surface area contributed by atoms with Gasteiger partial charge in [-0.05, 0) is 25.2 Å². The van der Waals surface area contributed by atoms with Gasteiger partial charge in [0.1, 0.15) is 12.2 Å². The molecule has 1 aliphatic rings. The van der Waals surface area contributed by atoms with E-state index in [-0.39, 0.29) is 6.10 Å². The van der Waals surface area contributed by atoms with E-state index < -0.39 is 6.10 Å². The molecule has 0 aliphatic heterocycles. The van der Waals surface area contributed by atoms with Gasteiger partial charge in [-0.25, -0.2) is 4.98 Å². The molecule has 1 N–H and O–H groups in total. The van der Waals surface area contributed by atoms with Crippen LogP contribution in [0.4, 0.5) is 0 Å². The fourth-order valence-corrected chi connectivity index (χ4v) is 2.24. The lowest BCUT2D eigenvalue weighted by molar-refractivity contribution is -0.0250. The summed E-state index contributed by atoms with van der Waals surface area (Å²) in [6.07, 6.45) is 4.89. The zero-order valence-corrected chi connectivity index (χ0v) is 10.5. The van der Waals surface area contributed by atoms with Crippen molar-refractivity contribution >= 4 is 0 Å². The van der Waals surface area contributed by atoms with Crippen LogP contribution in [0.1, 0.15) is 32.0 Å². The number of aryl methyl sites for hydroxylation is 1. The molecule has 1 fully saturated rings. The van der Waals surface area contributed by atoms with Crippen LogP contribution in [0.3, 0.4) is 0 Å². The first-order chi connectivity index (χ1) is 8.26. The first-order valence-electron chi connectivity index (χ1n) is 6.33. The maximum absolute atomic E-state index is 10.2. The van der Waals surface area contributed by atoms with Gasteiger partial charge in [-0.2, -0.15) is 5.10 Å². The lowest BCUT2D eigenvalue weighted by Gasteiger charge is -2.21. The number of nitrogens with zero attached hydrogens (tertiary/aromatic N) is 3. The van der Waals surface area contributed by atoms with E-state index in [1.165, 1.54) is 0 Å². The molecule has 0 radical (unpaired) electrons. The molecular weight excluding hydrogens is 218 g/mol. The van der Waals surface area contributed by atoms with Gasteiger partial charge in [-0.3, -0.25) is 4.68 Å². The molecule has 1 saturated carbocycles. The minimum absolute atomic E-state index is 0.0539. The van der Waals surface area contributed by atoms with Crippen LogP contribution in [0.5, 0.6) is 0 Å². The Morgan fingerprint density at radius 3 is 2.94 bits per heavy atom. The van der Waals surface area contributed by atoms with Crippen molar-refractivity contribution in [1.29, 1.82) is 0 Å². The van der Waals surface area contributed by atoms with Crippen molar-refractivity contribution in [3.8, 4) is 0 Å². The maximum Gasteiger partial charge on any atom is 0.138 e. The van der Waals surface area contributed by atoms with Crippen LogP contribution in [-0.4, -0.2) is 39.2 Å². The van der Waals surface area contributed by atoms with Gasteiger partial charge < -0.3 is 9.84 Å². The Labute approximate surface area is 102 Å². The number of rotatable bonds is 7. The highest BCUT2D eigenvalue weighted by Crippen LogP contribution is 2.36. The Kier molecular flexibility index (Phi) is 4.12. The average molecular weight is 239 g/mol. The van der Waals surface area contributed by atoms with Crippen molar-refractivity contribution in [1.82, 2.24) is 14.8 Å². The van der Waals surface area contributed by atoms with Crippen LogP contribution in [0.2, 0.25) is 0 Å². The van der Waals surface area contributed by atoms with Crippen molar-refractivity contribution in [3.05, 3.63) is 12.2 Å². The molecule has 5 nitrogen and oxygen atoms in total. The van der Waals surface area contributed by atoms with Crippen LogP contribution in [0, 0.1) is 5.92 Å². The summed E-state index contributed by atoms with van der Waals surface area (Å²) in [4.78, 5) is 4.21. The third-order valence-corrected chi connectivity index (χ3v) is 3.26. The number of aliphatic hydroxyl groups is 1. The molecule has 0 bridgehead atoms. The van der Waals surface area contributed by atoms with E-state index >= 15 is 0 Å². The van der Waals surface area contributed by atoms with Gasteiger partial charge in [-0.15, -0.1) is 0 Å². The zero-order valence-electron chi connectivity index (χ0n) is 10.5. The summed E-state index contributed by atoms with van der Waals surface area (Å²) >= 11 is 0. The minimum atomic E-state index is -0.479. The third-order valence-electron chi connectivity index (χ3n) is 3.26. The fourth-order valence-electron chi connectivity index (χ4n) is 2.24. The predicted molar refractivity (Wildman–Crippen MR) is 63.5 cm³/mol. The molecule has 17 heavy (non-hydrogen) atoms. The number of methoxy groups -OCH3 is 1. The molecule has 1 heterocycles. The van der Waals surface area contributed by atoms with E-state index in [1.54, 1.807) is 13.4 Å². The third kappa shape index (κ3) is 3.04. The van der Waals surface area contributed by atoms with Gasteiger partial charge in [0.15, 0.2) is 0 Å². The van der Waals surface area contributed by atoms with Crippen molar-refractivity contribution < 1.29 is 9.84 Å². The standard InChI is InChI=1S/C12H21N3O2/c1-3-6-15-11(13-8-14-15)7-10(16)12(17-2)9-4-5-9/h8-10,12,16H,3-7H2,1-2H3. The van der Waals surface area contributed by atoms with Crippen molar-refractivity contribution in [2.75, 3.05) is 7.11 Å². The monoisotopic (exact) mass is 239 g/mol. The van der Waals surface area contributed by atoms with E-state index in [2.05, 4.69) is 17.0 Å². The van der Waals surface area contributed by atoms with Crippen molar-refractivity contribution in [3.63, 3.8) is 0 Å². The molecule has 96 valence electrons. The van der Waals surface area contributed by atoms with E-state index in [0.29, 0.717) is 12.3 Å². The molecule has 5 heteroatoms. The van der Waals surface area contributed by atoms with Crippen molar-refractivity contribution in [2.24, 2.45) is 5.92 Å². The van der Waals surface area contributed by atoms with Crippen LogP contribution >= 0.6 is 0 Å². The largest absolute Gasteiger partial charge is 0.390 e. The first-order valence-corrected chi connectivity index (χ1v) is 6.33. The lowest BCUT2D eigenvalue weighted by Crippen LogP contribution is -2.32. The van der Waals surface area contributed by atoms with Gasteiger partial charge >= 0.3 is 0 Å². The summed E-state index contributed by atoms with van der Waals surface area (Å²) in [5, 5.41) is 14.3. The summed E-state index contributed by atoms with van der Waals surface area (Å²) in [6.45, 7) is 2.95. The Balaban J connectivity index is 1.96. The van der Waals surface area contributed by atoms with Crippen LogP contribution in [-0.2, 0) is 17.7 Å². The fraction of sp³-hybridized carbons (Fsp3) is 0.833. The van der Waals surface area contributed by atoms with Gasteiger partial charge in [0, 0.05) is 20.1 Å². The lowest BCUT2D eigenvalue weighted by atomic mass is 10.1. The van der Waals surface area contributed by atoms with Crippen LogP contribution in [0.25, 0.3) is 0 Å². The molecule has 0 aromatic carbocycles. The predicted octanol–water partition coefficient (Wildman–Crippen LogP) is 1.02. The normalized spacial score (nSPS) is 19.2. The Hall–Kier alpha value is -0.940. The Morgan fingerprint density at radius 1 is 1.59 bits per heavy atom. The number of hydrogen-bond donors (Lipinski definition) is 1. The molecular formula is C12H21N3O2. The highest BCUT2D eigenvalue weighted by molar-refractivity contribution is 4.94. The van der Waals surface area contributed by atoms with Crippen molar-refractivity contribution in [2.45, 2.75) is 51.4 Å². The Bertz CT molecular complexity index is 349. The average Bonchev–Trinajstić information content (AvgIpc) is 3.04. The summed E-state index contributed by atoms with van der Waals surface area (Å²) < 4.78 is 7.24. The highest BCUT2D eigenvalue weighted by atomic mass is 16.5. The molecule has 2 atom stereocenters. The van der Waals surface area contributed by atoms with E-state index in [0.717, 1.165) is 31.6 Å². The molecule has 2 unspecified atom stereocenters. The van der Waals surface area contributed by atoms with Crippen LogP contribution in [0.15, 0.2) is 6.33 Å². The molecule has 2 rings (SSSR count). The molecule has 0 amide bonds. The summed E-state index contributed by atoms with van der Waals surface area (Å²) in [6, 6.07) is 0. The second kappa shape index (κ2) is 5.60. The summed E-state index contributed by atoms with van der Waals surface area (Å²) in [5.74, 6) is 1.37. The van der Waals surface area contributed by atoms with E-state index in [4.69, 9.17) is 4.74 Å². The number of aliphatic hydroxyl groups excluding tert-OH is 1. The first kappa shape index (κ1) is 12.5. The van der Waals surface area contributed by atoms with E-state index in [1.807, 2.05) is 4.68 Å². The van der Waals surface area contributed by atoms with Gasteiger partial charge in [0.2, 0.25) is 0 Å². The number of ether oxygens (including phenoxy) is 1. The molecule has 0 saturated heterocycles. The highest BCUT2D eigenvalue weighted by Gasteiger charge is 2.36. The maximum atomic E-state index is 10.2. The topological polar surface area (TPSA) is 60.2 Å². The summed E-state index contributed by atoms with van der Waals surface area (Å²) in [7, 11) is 1.67. The summed E-state index contributed by atoms with van der Waals surface area (Å²) in [5.41, 5.74) is 0. The zero-order chi connectivity index (χ0) is 12.3. The molecule has 0 spiro atoms. The smallest absolute Gasteiger partial charge is 0.138 e. The Morgan fingerprint density at radius 2 is 2.35 bits per heavy atom. The minimum Gasteiger partial charge on any atom is -0.390 e. The second-order valence-electron chi connectivity index (χ2n) is 4.71.